The number of pyridine rings is 1. The molecule has 11 heteroatoms. The third-order valence-electron chi connectivity index (χ3n) is 4.16. The average Bonchev–Trinajstić information content (AvgIpc) is 3.05. The van der Waals surface area contributed by atoms with Gasteiger partial charge in [-0.25, -0.2) is 22.2 Å². The van der Waals surface area contributed by atoms with Crippen molar-refractivity contribution in [3.05, 3.63) is 65.2 Å². The van der Waals surface area contributed by atoms with Gasteiger partial charge in [0.25, 0.3) is 10.0 Å². The molecule has 0 bridgehead atoms. The van der Waals surface area contributed by atoms with Crippen molar-refractivity contribution in [1.82, 2.24) is 15.2 Å². The second-order valence-electron chi connectivity index (χ2n) is 6.05. The number of benzene rings is 2. The van der Waals surface area contributed by atoms with Crippen LogP contribution in [0.2, 0.25) is 5.02 Å². The zero-order valence-electron chi connectivity index (χ0n) is 14.4. The number of halogens is 3. The van der Waals surface area contributed by atoms with Crippen molar-refractivity contribution in [2.75, 3.05) is 10.5 Å². The number of nitrogens with one attached hydrogen (secondary N) is 2. The van der Waals surface area contributed by atoms with Gasteiger partial charge in [-0.1, -0.05) is 17.7 Å². The fourth-order valence-electron chi connectivity index (χ4n) is 2.73. The quantitative estimate of drug-likeness (QED) is 0.449. The fraction of sp³-hybridized carbons (Fsp3) is 0. The molecule has 0 unspecified atom stereocenters. The maximum absolute atomic E-state index is 13.8. The van der Waals surface area contributed by atoms with E-state index in [4.69, 9.17) is 17.3 Å². The number of rotatable bonds is 4. The van der Waals surface area contributed by atoms with Gasteiger partial charge in [0.2, 0.25) is 0 Å². The third kappa shape index (κ3) is 3.47. The largest absolute Gasteiger partial charge is 0.380 e. The van der Waals surface area contributed by atoms with E-state index in [0.29, 0.717) is 22.3 Å². The average molecular weight is 436 g/mol. The molecule has 7 nitrogen and oxygen atoms in total. The van der Waals surface area contributed by atoms with Crippen molar-refractivity contribution in [2.45, 2.75) is 4.90 Å². The van der Waals surface area contributed by atoms with Crippen LogP contribution in [0.1, 0.15) is 0 Å². The summed E-state index contributed by atoms with van der Waals surface area (Å²) in [6, 6.07) is 10.5. The third-order valence-corrected chi connectivity index (χ3v) is 5.83. The molecule has 0 atom stereocenters. The first-order valence-electron chi connectivity index (χ1n) is 8.13. The van der Waals surface area contributed by atoms with Gasteiger partial charge in [0.1, 0.15) is 5.52 Å². The van der Waals surface area contributed by atoms with E-state index in [1.165, 1.54) is 24.3 Å². The minimum Gasteiger partial charge on any atom is -0.380 e. The zero-order valence-corrected chi connectivity index (χ0v) is 16.0. The van der Waals surface area contributed by atoms with Crippen LogP contribution < -0.4 is 10.5 Å². The van der Waals surface area contributed by atoms with Gasteiger partial charge in [-0.2, -0.15) is 5.10 Å². The highest BCUT2D eigenvalue weighted by molar-refractivity contribution is 7.92. The molecular weight excluding hydrogens is 424 g/mol. The van der Waals surface area contributed by atoms with Gasteiger partial charge in [-0.05, 0) is 42.5 Å². The fourth-order valence-corrected chi connectivity index (χ4v) is 4.15. The van der Waals surface area contributed by atoms with Gasteiger partial charge in [0.15, 0.2) is 17.5 Å². The summed E-state index contributed by atoms with van der Waals surface area (Å²) in [5.74, 6) is -2.24. The Kier molecular flexibility index (Phi) is 4.59. The Morgan fingerprint density at radius 2 is 1.90 bits per heavy atom. The molecule has 0 amide bonds. The van der Waals surface area contributed by atoms with Crippen LogP contribution >= 0.6 is 11.6 Å². The van der Waals surface area contributed by atoms with E-state index in [1.54, 1.807) is 12.1 Å². The number of aromatic nitrogens is 3. The summed E-state index contributed by atoms with van der Waals surface area (Å²) in [6.45, 7) is 0. The van der Waals surface area contributed by atoms with Crippen molar-refractivity contribution in [3.8, 4) is 11.3 Å². The standard InChI is InChI=1S/C18H12ClF2N5O2S/c19-11-8-9(29(27,28)26-14-3-1-2-12(20)16(14)21)4-5-10(11)13-6-7-15-17(23-13)18(22)25-24-15/h1-8,26H,(H3,22,24,25). The van der Waals surface area contributed by atoms with Crippen LogP contribution in [-0.4, -0.2) is 23.6 Å². The lowest BCUT2D eigenvalue weighted by atomic mass is 10.1. The summed E-state index contributed by atoms with van der Waals surface area (Å²) in [4.78, 5) is 4.16. The van der Waals surface area contributed by atoms with Gasteiger partial charge in [0.05, 0.1) is 26.8 Å². The lowest BCUT2D eigenvalue weighted by Crippen LogP contribution is -2.14. The van der Waals surface area contributed by atoms with Gasteiger partial charge in [0, 0.05) is 5.56 Å². The number of nitrogens with two attached hydrogens (primary N) is 1. The molecule has 2 aromatic heterocycles. The first-order valence-corrected chi connectivity index (χ1v) is 10.00. The van der Waals surface area contributed by atoms with E-state index < -0.39 is 27.3 Å². The number of fused-ring (bicyclic) bond motifs is 1. The Bertz CT molecular complexity index is 1360. The van der Waals surface area contributed by atoms with Crippen molar-refractivity contribution in [2.24, 2.45) is 0 Å². The van der Waals surface area contributed by atoms with Gasteiger partial charge < -0.3 is 5.73 Å². The molecule has 2 aromatic carbocycles. The van der Waals surface area contributed by atoms with Crippen LogP contribution in [-0.2, 0) is 10.0 Å². The topological polar surface area (TPSA) is 114 Å². The minimum absolute atomic E-state index is 0.0986. The summed E-state index contributed by atoms with van der Waals surface area (Å²) >= 11 is 6.27. The lowest BCUT2D eigenvalue weighted by molar-refractivity contribution is 0.511. The first-order chi connectivity index (χ1) is 13.8. The Balaban J connectivity index is 1.70. The van der Waals surface area contributed by atoms with Gasteiger partial charge in [-0.3, -0.25) is 9.82 Å². The molecule has 0 saturated heterocycles. The van der Waals surface area contributed by atoms with Crippen LogP contribution in [0.3, 0.4) is 0 Å². The van der Waals surface area contributed by atoms with Crippen LogP contribution in [0, 0.1) is 11.6 Å². The molecule has 4 aromatic rings. The number of aromatic amines is 1. The summed E-state index contributed by atoms with van der Waals surface area (Å²) in [7, 11) is -4.20. The number of hydrogen-bond donors (Lipinski definition) is 3. The molecule has 4 N–H and O–H groups in total. The highest BCUT2D eigenvalue weighted by atomic mass is 35.5. The van der Waals surface area contributed by atoms with E-state index in [0.717, 1.165) is 12.1 Å². The minimum atomic E-state index is -4.20. The Morgan fingerprint density at radius 3 is 2.66 bits per heavy atom. The smallest absolute Gasteiger partial charge is 0.262 e. The number of anilines is 2. The summed E-state index contributed by atoms with van der Waals surface area (Å²) in [5, 5.41) is 6.69. The van der Waals surface area contributed by atoms with E-state index >= 15 is 0 Å². The molecule has 0 spiro atoms. The molecule has 2 heterocycles. The van der Waals surface area contributed by atoms with Gasteiger partial charge >= 0.3 is 0 Å². The summed E-state index contributed by atoms with van der Waals surface area (Å²) < 4.78 is 54.2. The van der Waals surface area contributed by atoms with E-state index in [2.05, 4.69) is 15.2 Å². The predicted octanol–water partition coefficient (Wildman–Crippen LogP) is 3.94. The maximum atomic E-state index is 13.8. The number of nitrogens with zero attached hydrogens (tertiary/aromatic N) is 2. The monoisotopic (exact) mass is 435 g/mol. The van der Waals surface area contributed by atoms with Crippen molar-refractivity contribution < 1.29 is 17.2 Å². The molecule has 0 aliphatic heterocycles. The van der Waals surface area contributed by atoms with Crippen molar-refractivity contribution in [1.29, 1.82) is 0 Å². The predicted molar refractivity (Wildman–Crippen MR) is 106 cm³/mol. The second-order valence-corrected chi connectivity index (χ2v) is 8.14. The van der Waals surface area contributed by atoms with E-state index in [-0.39, 0.29) is 15.7 Å². The van der Waals surface area contributed by atoms with Crippen LogP contribution in [0.15, 0.2) is 53.4 Å². The van der Waals surface area contributed by atoms with Crippen molar-refractivity contribution in [3.63, 3.8) is 0 Å². The molecule has 148 valence electrons. The van der Waals surface area contributed by atoms with Gasteiger partial charge in [-0.15, -0.1) is 0 Å². The second kappa shape index (κ2) is 6.98. The number of nitrogen functional groups attached to an aromatic ring is 1. The molecule has 4 rings (SSSR count). The molecule has 0 aliphatic rings. The number of hydrogen-bond acceptors (Lipinski definition) is 5. The lowest BCUT2D eigenvalue weighted by Gasteiger charge is -2.11. The summed E-state index contributed by atoms with van der Waals surface area (Å²) in [5.41, 5.74) is 7.27. The molecule has 0 saturated carbocycles. The van der Waals surface area contributed by atoms with E-state index in [9.17, 15) is 17.2 Å². The number of sulfonamides is 1. The molecule has 0 fully saturated rings. The highest BCUT2D eigenvalue weighted by Gasteiger charge is 2.20. The van der Waals surface area contributed by atoms with Crippen molar-refractivity contribution >= 4 is 44.2 Å². The zero-order chi connectivity index (χ0) is 20.8. The number of H-pyrrole nitrogens is 1. The van der Waals surface area contributed by atoms with Crippen LogP contribution in [0.5, 0.6) is 0 Å². The normalized spacial score (nSPS) is 11.7. The molecular formula is C18H12ClF2N5O2S. The Labute approximate surface area is 168 Å². The molecule has 29 heavy (non-hydrogen) atoms. The SMILES string of the molecule is Nc1n[nH]c2ccc(-c3ccc(S(=O)(=O)Nc4cccc(F)c4F)cc3Cl)nc12. The summed E-state index contributed by atoms with van der Waals surface area (Å²) in [6.07, 6.45) is 0. The molecule has 0 radical (unpaired) electrons. The Morgan fingerprint density at radius 1 is 1.10 bits per heavy atom. The maximum Gasteiger partial charge on any atom is 0.262 e. The Hall–Kier alpha value is -3.24. The molecule has 0 aliphatic carbocycles. The van der Waals surface area contributed by atoms with Crippen LogP contribution in [0.25, 0.3) is 22.3 Å². The van der Waals surface area contributed by atoms with Crippen LogP contribution in [0.4, 0.5) is 20.3 Å². The highest BCUT2D eigenvalue weighted by Crippen LogP contribution is 2.31. The van der Waals surface area contributed by atoms with E-state index in [1.807, 2.05) is 4.72 Å². The first kappa shape index (κ1) is 19.1.